The van der Waals surface area contributed by atoms with Crippen LogP contribution in [0.25, 0.3) is 0 Å². The van der Waals surface area contributed by atoms with E-state index in [1.807, 2.05) is 42.5 Å². The van der Waals surface area contributed by atoms with Crippen molar-refractivity contribution >= 4 is 24.1 Å². The highest BCUT2D eigenvalue weighted by molar-refractivity contribution is 5.84. The highest BCUT2D eigenvalue weighted by Gasteiger charge is 2.47. The van der Waals surface area contributed by atoms with Gasteiger partial charge in [-0.15, -0.1) is 0 Å². The zero-order chi connectivity index (χ0) is 39.0. The van der Waals surface area contributed by atoms with E-state index in [1.54, 1.807) is 13.0 Å². The molecule has 1 spiro atoms. The SMILES string of the molecule is CCOC(=O)[C@H](CCC(C)C)NC(=O)CC[C@@H]1C[C@@H](OC(=O)NCc2cccc3c2OCO3)C[C@@]2(CCC[C@H](COC(=O)NCCOc3ccccc3)O2)O1. The van der Waals surface area contributed by atoms with Crippen molar-refractivity contribution < 1.29 is 57.1 Å². The van der Waals surface area contributed by atoms with E-state index < -0.39 is 48.3 Å². The van der Waals surface area contributed by atoms with E-state index in [-0.39, 0.29) is 58.5 Å². The third-order valence-corrected chi connectivity index (χ3v) is 9.50. The molecule has 2 aromatic carbocycles. The lowest BCUT2D eigenvalue weighted by atomic mass is 9.90. The quantitative estimate of drug-likeness (QED) is 0.0984. The van der Waals surface area contributed by atoms with Crippen molar-refractivity contribution in [1.82, 2.24) is 16.0 Å². The van der Waals surface area contributed by atoms with Gasteiger partial charge < -0.3 is 53.8 Å². The van der Waals surface area contributed by atoms with Gasteiger partial charge in [-0.1, -0.05) is 44.2 Å². The third-order valence-electron chi connectivity index (χ3n) is 9.50. The van der Waals surface area contributed by atoms with Gasteiger partial charge in [0.15, 0.2) is 17.3 Å². The monoisotopic (exact) mass is 769 g/mol. The highest BCUT2D eigenvalue weighted by Crippen LogP contribution is 2.41. The molecule has 3 aliphatic rings. The van der Waals surface area contributed by atoms with Gasteiger partial charge in [-0.2, -0.15) is 0 Å². The van der Waals surface area contributed by atoms with Crippen LogP contribution in [0.15, 0.2) is 48.5 Å². The van der Waals surface area contributed by atoms with E-state index >= 15 is 0 Å². The number of esters is 1. The number of hydrogen-bond donors (Lipinski definition) is 3. The largest absolute Gasteiger partial charge is 0.492 e. The fraction of sp³-hybridized carbons (Fsp3) is 0.600. The van der Waals surface area contributed by atoms with Crippen molar-refractivity contribution in [3.05, 3.63) is 54.1 Å². The van der Waals surface area contributed by atoms with Crippen molar-refractivity contribution in [1.29, 1.82) is 0 Å². The number of nitrogens with one attached hydrogen (secondary N) is 3. The molecule has 15 heteroatoms. The van der Waals surface area contributed by atoms with E-state index in [0.29, 0.717) is 61.7 Å². The molecule has 0 saturated carbocycles. The van der Waals surface area contributed by atoms with E-state index in [1.165, 1.54) is 0 Å². The summed E-state index contributed by atoms with van der Waals surface area (Å²) in [4.78, 5) is 51.4. The second-order valence-electron chi connectivity index (χ2n) is 14.3. The zero-order valence-corrected chi connectivity index (χ0v) is 32.0. The minimum Gasteiger partial charge on any atom is -0.492 e. The first-order valence-electron chi connectivity index (χ1n) is 19.3. The van der Waals surface area contributed by atoms with E-state index in [4.69, 9.17) is 37.9 Å². The molecular weight excluding hydrogens is 714 g/mol. The van der Waals surface area contributed by atoms with E-state index in [2.05, 4.69) is 29.8 Å². The van der Waals surface area contributed by atoms with Crippen LogP contribution in [0.3, 0.4) is 0 Å². The summed E-state index contributed by atoms with van der Waals surface area (Å²) in [6, 6.07) is 14.0. The summed E-state index contributed by atoms with van der Waals surface area (Å²) in [5.41, 5.74) is 0.750. The Kier molecular flexibility index (Phi) is 15.7. The topological polar surface area (TPSA) is 178 Å². The Morgan fingerprint density at radius 1 is 0.927 bits per heavy atom. The van der Waals surface area contributed by atoms with Crippen LogP contribution in [-0.4, -0.2) is 87.4 Å². The zero-order valence-electron chi connectivity index (χ0n) is 32.0. The van der Waals surface area contributed by atoms with Crippen molar-refractivity contribution in [2.75, 3.05) is 33.2 Å². The van der Waals surface area contributed by atoms with Crippen LogP contribution < -0.4 is 30.2 Å². The number of fused-ring (bicyclic) bond motifs is 1. The van der Waals surface area contributed by atoms with Crippen LogP contribution >= 0.6 is 0 Å². The first-order valence-corrected chi connectivity index (χ1v) is 19.3. The number of alkyl carbamates (subject to hydrolysis) is 2. The highest BCUT2D eigenvalue weighted by atomic mass is 16.7. The Morgan fingerprint density at radius 3 is 2.55 bits per heavy atom. The van der Waals surface area contributed by atoms with Crippen LogP contribution in [0.1, 0.15) is 84.1 Å². The molecule has 0 bridgehead atoms. The van der Waals surface area contributed by atoms with Crippen molar-refractivity contribution in [3.63, 3.8) is 0 Å². The predicted molar refractivity (Wildman–Crippen MR) is 198 cm³/mol. The molecule has 5 atom stereocenters. The van der Waals surface area contributed by atoms with Crippen molar-refractivity contribution in [2.45, 2.75) is 115 Å². The number of hydrogen-bond acceptors (Lipinski definition) is 12. The average Bonchev–Trinajstić information content (AvgIpc) is 3.66. The summed E-state index contributed by atoms with van der Waals surface area (Å²) in [5.74, 6) is 0.354. The summed E-state index contributed by atoms with van der Waals surface area (Å²) < 4.78 is 46.3. The maximum atomic E-state index is 13.2. The second kappa shape index (κ2) is 20.8. The number of carbonyl (C=O) groups excluding carboxylic acids is 4. The van der Waals surface area contributed by atoms with Gasteiger partial charge in [0.2, 0.25) is 12.7 Å². The Hall–Kier alpha value is -4.76. The molecule has 3 N–H and O–H groups in total. The lowest BCUT2D eigenvalue weighted by Crippen LogP contribution is -2.54. The van der Waals surface area contributed by atoms with Gasteiger partial charge >= 0.3 is 18.2 Å². The summed E-state index contributed by atoms with van der Waals surface area (Å²) in [5, 5.41) is 8.34. The van der Waals surface area contributed by atoms with E-state index in [9.17, 15) is 19.2 Å². The van der Waals surface area contributed by atoms with Gasteiger partial charge in [0, 0.05) is 37.8 Å². The maximum Gasteiger partial charge on any atom is 0.407 e. The Balaban J connectivity index is 1.17. The number of para-hydroxylation sites is 2. The molecule has 0 unspecified atom stereocenters. The Morgan fingerprint density at radius 2 is 1.75 bits per heavy atom. The lowest BCUT2D eigenvalue weighted by Gasteiger charge is -2.47. The fourth-order valence-corrected chi connectivity index (χ4v) is 6.86. The van der Waals surface area contributed by atoms with Gasteiger partial charge in [0.1, 0.15) is 31.1 Å². The smallest absolute Gasteiger partial charge is 0.407 e. The van der Waals surface area contributed by atoms with Gasteiger partial charge in [-0.05, 0) is 63.1 Å². The number of carbonyl (C=O) groups is 4. The van der Waals surface area contributed by atoms with Crippen LogP contribution in [0, 0.1) is 5.92 Å². The normalized spacial score (nSPS) is 22.0. The summed E-state index contributed by atoms with van der Waals surface area (Å²) in [6.07, 6.45) is 1.22. The molecule has 3 amide bonds. The minimum absolute atomic E-state index is 0.00558. The molecule has 2 fully saturated rings. The molecule has 0 radical (unpaired) electrons. The maximum absolute atomic E-state index is 13.2. The van der Waals surface area contributed by atoms with Gasteiger partial charge in [0.05, 0.1) is 25.4 Å². The van der Waals surface area contributed by atoms with E-state index in [0.717, 1.165) is 12.0 Å². The molecular formula is C40H55N3O12. The molecule has 0 aliphatic carbocycles. The number of ether oxygens (including phenoxy) is 8. The minimum atomic E-state index is -1.13. The lowest BCUT2D eigenvalue weighted by molar-refractivity contribution is -0.329. The molecule has 3 heterocycles. The molecule has 5 rings (SSSR count). The number of benzene rings is 2. The van der Waals surface area contributed by atoms with Crippen molar-refractivity contribution in [3.8, 4) is 17.2 Å². The second-order valence-corrected chi connectivity index (χ2v) is 14.3. The van der Waals surface area contributed by atoms with Crippen LogP contribution in [0.5, 0.6) is 17.2 Å². The van der Waals surface area contributed by atoms with Crippen molar-refractivity contribution in [2.24, 2.45) is 5.92 Å². The van der Waals surface area contributed by atoms with Gasteiger partial charge in [-0.25, -0.2) is 14.4 Å². The molecule has 2 aromatic rings. The number of amides is 3. The van der Waals surface area contributed by atoms with Gasteiger partial charge in [0.25, 0.3) is 0 Å². The molecule has 55 heavy (non-hydrogen) atoms. The summed E-state index contributed by atoms with van der Waals surface area (Å²) in [6.45, 7) is 6.87. The fourth-order valence-electron chi connectivity index (χ4n) is 6.86. The number of rotatable bonds is 18. The first-order chi connectivity index (χ1) is 26.6. The molecule has 0 aromatic heterocycles. The van der Waals surface area contributed by atoms with Crippen LogP contribution in [0.4, 0.5) is 9.59 Å². The standard InChI is InChI=1S/C40H55N3O12/c1-4-48-37(45)33(17-15-27(2)3)43-35(44)18-16-30-22-32(53-39(47)42-24-28-10-8-14-34-36(28)52-26-51-34)23-40(54-30)19-9-13-31(55-40)25-50-38(46)41-20-21-49-29-11-6-5-7-12-29/h5-8,10-12,14,27,30-33H,4,9,13,15-26H2,1-3H3,(H,41,46)(H,42,47)(H,43,44)/t30-,31-,32-,33+,40+/m1/s1. The first kappa shape index (κ1) is 41.4. The summed E-state index contributed by atoms with van der Waals surface area (Å²) >= 11 is 0. The van der Waals surface area contributed by atoms with Crippen LogP contribution in [0.2, 0.25) is 0 Å². The Labute approximate surface area is 322 Å². The third kappa shape index (κ3) is 13.2. The molecule has 2 saturated heterocycles. The van der Waals surface area contributed by atoms with Gasteiger partial charge in [-0.3, -0.25) is 4.79 Å². The molecule has 15 nitrogen and oxygen atoms in total. The summed E-state index contributed by atoms with van der Waals surface area (Å²) in [7, 11) is 0. The molecule has 302 valence electrons. The average molecular weight is 770 g/mol. The predicted octanol–water partition coefficient (Wildman–Crippen LogP) is 5.52. The molecule has 3 aliphatic heterocycles. The Bertz CT molecular complexity index is 1560. The van der Waals surface area contributed by atoms with Crippen LogP contribution in [-0.2, 0) is 39.8 Å².